The molecule has 0 heterocycles. The Balaban J connectivity index is 2.13. The molecule has 2 rings (SSSR count). The first kappa shape index (κ1) is 12.3. The summed E-state index contributed by atoms with van der Waals surface area (Å²) in [6, 6.07) is 6.80. The first-order chi connectivity index (χ1) is 8.56. The highest BCUT2D eigenvalue weighted by Gasteiger charge is 2.07. The summed E-state index contributed by atoms with van der Waals surface area (Å²) in [5.74, 6) is -1.76. The van der Waals surface area contributed by atoms with Gasteiger partial charge in [0.2, 0.25) is 0 Å². The SMILES string of the molecule is Nc1ccc(F)cc1OCc1ccc(F)cc1F. The van der Waals surface area contributed by atoms with Crippen LogP contribution in [-0.4, -0.2) is 0 Å². The third kappa shape index (κ3) is 2.74. The van der Waals surface area contributed by atoms with Crippen molar-refractivity contribution in [2.24, 2.45) is 0 Å². The molecule has 2 aromatic carbocycles. The number of nitrogen functional groups attached to an aromatic ring is 1. The summed E-state index contributed by atoms with van der Waals surface area (Å²) in [4.78, 5) is 0. The lowest BCUT2D eigenvalue weighted by Gasteiger charge is -2.09. The van der Waals surface area contributed by atoms with Crippen LogP contribution in [0.4, 0.5) is 18.9 Å². The average molecular weight is 253 g/mol. The molecule has 0 atom stereocenters. The average Bonchev–Trinajstić information content (AvgIpc) is 2.32. The smallest absolute Gasteiger partial charge is 0.145 e. The molecule has 0 fully saturated rings. The fourth-order valence-corrected chi connectivity index (χ4v) is 1.43. The molecule has 94 valence electrons. The van der Waals surface area contributed by atoms with Gasteiger partial charge in [-0.1, -0.05) is 0 Å². The molecule has 2 N–H and O–H groups in total. The number of nitrogens with two attached hydrogens (primary N) is 1. The van der Waals surface area contributed by atoms with E-state index in [1.165, 1.54) is 18.2 Å². The lowest BCUT2D eigenvalue weighted by Crippen LogP contribution is -2.01. The van der Waals surface area contributed by atoms with Gasteiger partial charge >= 0.3 is 0 Å². The van der Waals surface area contributed by atoms with E-state index in [2.05, 4.69) is 0 Å². The minimum atomic E-state index is -0.718. The van der Waals surface area contributed by atoms with Crippen LogP contribution >= 0.6 is 0 Å². The van der Waals surface area contributed by atoms with Crippen molar-refractivity contribution in [2.45, 2.75) is 6.61 Å². The molecule has 0 spiro atoms. The Morgan fingerprint density at radius 2 is 1.61 bits per heavy atom. The van der Waals surface area contributed by atoms with E-state index < -0.39 is 17.5 Å². The Hall–Kier alpha value is -2.17. The van der Waals surface area contributed by atoms with Crippen molar-refractivity contribution in [3.63, 3.8) is 0 Å². The second-order valence-electron chi connectivity index (χ2n) is 3.71. The number of anilines is 1. The van der Waals surface area contributed by atoms with E-state index in [9.17, 15) is 13.2 Å². The summed E-state index contributed by atoms with van der Waals surface area (Å²) in [5.41, 5.74) is 5.99. The molecule has 18 heavy (non-hydrogen) atoms. The summed E-state index contributed by atoms with van der Waals surface area (Å²) < 4.78 is 44.1. The van der Waals surface area contributed by atoms with Crippen LogP contribution in [0.5, 0.6) is 5.75 Å². The van der Waals surface area contributed by atoms with E-state index >= 15 is 0 Å². The van der Waals surface area contributed by atoms with E-state index in [1.807, 2.05) is 0 Å². The van der Waals surface area contributed by atoms with Crippen LogP contribution in [0.2, 0.25) is 0 Å². The van der Waals surface area contributed by atoms with Gasteiger partial charge in [0.15, 0.2) is 0 Å². The second kappa shape index (κ2) is 5.00. The number of hydrogen-bond acceptors (Lipinski definition) is 2. The largest absolute Gasteiger partial charge is 0.487 e. The van der Waals surface area contributed by atoms with Crippen molar-refractivity contribution in [3.8, 4) is 5.75 Å². The van der Waals surface area contributed by atoms with Crippen molar-refractivity contribution in [1.29, 1.82) is 0 Å². The topological polar surface area (TPSA) is 35.2 Å². The Morgan fingerprint density at radius 1 is 0.944 bits per heavy atom. The molecule has 0 radical (unpaired) electrons. The zero-order valence-electron chi connectivity index (χ0n) is 9.29. The summed E-state index contributed by atoms with van der Waals surface area (Å²) >= 11 is 0. The summed E-state index contributed by atoms with van der Waals surface area (Å²) in [7, 11) is 0. The van der Waals surface area contributed by atoms with E-state index in [1.54, 1.807) is 0 Å². The van der Waals surface area contributed by atoms with Gasteiger partial charge in [0, 0.05) is 17.7 Å². The normalized spacial score (nSPS) is 10.4. The lowest BCUT2D eigenvalue weighted by atomic mass is 10.2. The van der Waals surface area contributed by atoms with E-state index in [0.29, 0.717) is 0 Å². The van der Waals surface area contributed by atoms with Crippen LogP contribution in [0.15, 0.2) is 36.4 Å². The number of rotatable bonds is 3. The molecular weight excluding hydrogens is 243 g/mol. The Labute approximate surface area is 102 Å². The van der Waals surface area contributed by atoms with Gasteiger partial charge in [-0.3, -0.25) is 0 Å². The van der Waals surface area contributed by atoms with E-state index in [0.717, 1.165) is 18.2 Å². The predicted molar refractivity (Wildman–Crippen MR) is 61.5 cm³/mol. The van der Waals surface area contributed by atoms with Gasteiger partial charge < -0.3 is 10.5 Å². The maximum absolute atomic E-state index is 13.3. The molecule has 0 bridgehead atoms. The molecule has 2 aromatic rings. The number of hydrogen-bond donors (Lipinski definition) is 1. The molecule has 0 unspecified atom stereocenters. The van der Waals surface area contributed by atoms with Crippen molar-refractivity contribution in [1.82, 2.24) is 0 Å². The van der Waals surface area contributed by atoms with Crippen LogP contribution in [0, 0.1) is 17.5 Å². The van der Waals surface area contributed by atoms with Crippen molar-refractivity contribution in [3.05, 3.63) is 59.4 Å². The fraction of sp³-hybridized carbons (Fsp3) is 0.0769. The Morgan fingerprint density at radius 3 is 2.33 bits per heavy atom. The molecule has 0 aliphatic carbocycles. The van der Waals surface area contributed by atoms with E-state index in [-0.39, 0.29) is 23.6 Å². The van der Waals surface area contributed by atoms with Crippen molar-refractivity contribution < 1.29 is 17.9 Å². The molecule has 0 aliphatic rings. The first-order valence-corrected chi connectivity index (χ1v) is 5.18. The zero-order chi connectivity index (χ0) is 13.1. The van der Waals surface area contributed by atoms with Gasteiger partial charge in [0.25, 0.3) is 0 Å². The van der Waals surface area contributed by atoms with Gasteiger partial charge in [-0.05, 0) is 24.3 Å². The summed E-state index contributed by atoms with van der Waals surface area (Å²) in [5, 5.41) is 0. The lowest BCUT2D eigenvalue weighted by molar-refractivity contribution is 0.299. The van der Waals surface area contributed by atoms with Gasteiger partial charge in [-0.25, -0.2) is 13.2 Å². The van der Waals surface area contributed by atoms with Crippen LogP contribution in [0.25, 0.3) is 0 Å². The monoisotopic (exact) mass is 253 g/mol. The standard InChI is InChI=1S/C13H10F3NO/c14-9-2-1-8(11(16)5-9)7-18-13-6-10(15)3-4-12(13)17/h1-6H,7,17H2. The fourth-order valence-electron chi connectivity index (χ4n) is 1.43. The van der Waals surface area contributed by atoms with Crippen molar-refractivity contribution in [2.75, 3.05) is 5.73 Å². The quantitative estimate of drug-likeness (QED) is 0.852. The summed E-state index contributed by atoms with van der Waals surface area (Å²) in [6.07, 6.45) is 0. The predicted octanol–water partition coefficient (Wildman–Crippen LogP) is 3.27. The van der Waals surface area contributed by atoms with Gasteiger partial charge in [-0.15, -0.1) is 0 Å². The Bertz CT molecular complexity index is 572. The minimum absolute atomic E-state index is 0.124. The van der Waals surface area contributed by atoms with Crippen molar-refractivity contribution >= 4 is 5.69 Å². The van der Waals surface area contributed by atoms with Gasteiger partial charge in [0.1, 0.15) is 29.8 Å². The molecular formula is C13H10F3NO. The number of halogens is 3. The molecule has 2 nitrogen and oxygen atoms in total. The van der Waals surface area contributed by atoms with Crippen LogP contribution in [0.3, 0.4) is 0 Å². The molecule has 5 heteroatoms. The molecule has 0 amide bonds. The Kier molecular flexibility index (Phi) is 3.41. The van der Waals surface area contributed by atoms with Gasteiger partial charge in [-0.2, -0.15) is 0 Å². The zero-order valence-corrected chi connectivity index (χ0v) is 9.29. The van der Waals surface area contributed by atoms with Crippen LogP contribution < -0.4 is 10.5 Å². The molecule has 0 saturated heterocycles. The summed E-state index contributed by atoms with van der Waals surface area (Å²) in [6.45, 7) is -0.153. The van der Waals surface area contributed by atoms with Gasteiger partial charge in [0.05, 0.1) is 5.69 Å². The van der Waals surface area contributed by atoms with E-state index in [4.69, 9.17) is 10.5 Å². The van der Waals surface area contributed by atoms with Crippen LogP contribution in [-0.2, 0) is 6.61 Å². The number of benzene rings is 2. The minimum Gasteiger partial charge on any atom is -0.487 e. The number of ether oxygens (including phenoxy) is 1. The van der Waals surface area contributed by atoms with Crippen LogP contribution in [0.1, 0.15) is 5.56 Å². The highest BCUT2D eigenvalue weighted by atomic mass is 19.1. The second-order valence-corrected chi connectivity index (χ2v) is 3.71. The maximum atomic E-state index is 13.3. The molecule has 0 aromatic heterocycles. The maximum Gasteiger partial charge on any atom is 0.145 e. The third-order valence-electron chi connectivity index (χ3n) is 2.37. The third-order valence-corrected chi connectivity index (χ3v) is 2.37. The first-order valence-electron chi connectivity index (χ1n) is 5.18. The highest BCUT2D eigenvalue weighted by Crippen LogP contribution is 2.23. The molecule has 0 saturated carbocycles. The highest BCUT2D eigenvalue weighted by molar-refractivity contribution is 5.52. The molecule has 0 aliphatic heterocycles.